The molecule has 3 N–H and O–H groups in total. The molecule has 0 aliphatic heterocycles. The van der Waals surface area contributed by atoms with Gasteiger partial charge in [-0.05, 0) is 55.3 Å². The highest BCUT2D eigenvalue weighted by Crippen LogP contribution is 2.25. The first-order chi connectivity index (χ1) is 10.0. The molecule has 0 atom stereocenters. The second kappa shape index (κ2) is 5.18. The van der Waals surface area contributed by atoms with Gasteiger partial charge in [0.25, 0.3) is 5.91 Å². The van der Waals surface area contributed by atoms with Gasteiger partial charge in [0.1, 0.15) is 0 Å². The lowest BCUT2D eigenvalue weighted by Gasteiger charge is -2.07. The number of nitrogens with zero attached hydrogens (tertiary/aromatic N) is 1. The van der Waals surface area contributed by atoms with Crippen LogP contribution in [0.3, 0.4) is 0 Å². The van der Waals surface area contributed by atoms with Gasteiger partial charge in [0.2, 0.25) is 0 Å². The SMILES string of the molecule is Cc1cc(C)cc(NC(=O)c2ccc3nc(N)sc3c2)c1. The van der Waals surface area contributed by atoms with Crippen LogP contribution in [-0.2, 0) is 0 Å². The summed E-state index contributed by atoms with van der Waals surface area (Å²) in [5, 5.41) is 3.44. The first kappa shape index (κ1) is 13.6. The van der Waals surface area contributed by atoms with Crippen molar-refractivity contribution in [3.05, 3.63) is 53.1 Å². The van der Waals surface area contributed by atoms with Crippen LogP contribution in [0.2, 0.25) is 0 Å². The molecule has 0 aliphatic carbocycles. The topological polar surface area (TPSA) is 68.0 Å². The van der Waals surface area contributed by atoms with E-state index in [-0.39, 0.29) is 5.91 Å². The molecule has 0 aliphatic rings. The molecule has 5 heteroatoms. The zero-order valence-electron chi connectivity index (χ0n) is 11.8. The number of aromatic nitrogens is 1. The molecule has 3 rings (SSSR count). The maximum Gasteiger partial charge on any atom is 0.255 e. The van der Waals surface area contributed by atoms with E-state index in [1.807, 2.05) is 38.1 Å². The van der Waals surface area contributed by atoms with Crippen LogP contribution in [0.5, 0.6) is 0 Å². The number of hydrogen-bond acceptors (Lipinski definition) is 4. The number of nitrogen functional groups attached to an aromatic ring is 1. The smallest absolute Gasteiger partial charge is 0.255 e. The fourth-order valence-electron chi connectivity index (χ4n) is 2.33. The van der Waals surface area contributed by atoms with Crippen LogP contribution in [0.1, 0.15) is 21.5 Å². The Bertz CT molecular complexity index is 818. The lowest BCUT2D eigenvalue weighted by Crippen LogP contribution is -2.11. The van der Waals surface area contributed by atoms with Crippen LogP contribution in [-0.4, -0.2) is 10.9 Å². The summed E-state index contributed by atoms with van der Waals surface area (Å²) in [6.07, 6.45) is 0. The van der Waals surface area contributed by atoms with Gasteiger partial charge in [0, 0.05) is 11.3 Å². The summed E-state index contributed by atoms with van der Waals surface area (Å²) in [6, 6.07) is 11.4. The van der Waals surface area contributed by atoms with Gasteiger partial charge in [-0.15, -0.1) is 0 Å². The van der Waals surface area contributed by atoms with E-state index in [1.165, 1.54) is 11.3 Å². The highest BCUT2D eigenvalue weighted by atomic mass is 32.1. The molecule has 106 valence electrons. The van der Waals surface area contributed by atoms with Crippen molar-refractivity contribution < 1.29 is 4.79 Å². The Morgan fingerprint density at radius 3 is 2.57 bits per heavy atom. The summed E-state index contributed by atoms with van der Waals surface area (Å²) in [5.41, 5.74) is 10.2. The fourth-order valence-corrected chi connectivity index (χ4v) is 3.11. The van der Waals surface area contributed by atoms with Crippen LogP contribution < -0.4 is 11.1 Å². The van der Waals surface area contributed by atoms with E-state index in [1.54, 1.807) is 6.07 Å². The second-order valence-electron chi connectivity index (χ2n) is 5.07. The summed E-state index contributed by atoms with van der Waals surface area (Å²) in [4.78, 5) is 16.5. The van der Waals surface area contributed by atoms with Crippen molar-refractivity contribution in [1.82, 2.24) is 4.98 Å². The molecule has 1 heterocycles. The Labute approximate surface area is 126 Å². The number of benzene rings is 2. The van der Waals surface area contributed by atoms with Gasteiger partial charge in [-0.25, -0.2) is 4.98 Å². The van der Waals surface area contributed by atoms with E-state index < -0.39 is 0 Å². The fraction of sp³-hybridized carbons (Fsp3) is 0.125. The number of carbonyl (C=O) groups is 1. The van der Waals surface area contributed by atoms with E-state index >= 15 is 0 Å². The van der Waals surface area contributed by atoms with Crippen molar-refractivity contribution in [1.29, 1.82) is 0 Å². The molecule has 1 amide bonds. The molecule has 0 bridgehead atoms. The van der Waals surface area contributed by atoms with Crippen molar-refractivity contribution in [3.8, 4) is 0 Å². The Morgan fingerprint density at radius 1 is 1.14 bits per heavy atom. The minimum absolute atomic E-state index is 0.131. The van der Waals surface area contributed by atoms with Crippen molar-refractivity contribution in [2.45, 2.75) is 13.8 Å². The number of nitrogens with one attached hydrogen (secondary N) is 1. The van der Waals surface area contributed by atoms with Crippen molar-refractivity contribution in [3.63, 3.8) is 0 Å². The number of anilines is 2. The largest absolute Gasteiger partial charge is 0.375 e. The monoisotopic (exact) mass is 297 g/mol. The normalized spacial score (nSPS) is 10.8. The summed E-state index contributed by atoms with van der Waals surface area (Å²) in [7, 11) is 0. The number of thiazole rings is 1. The Morgan fingerprint density at radius 2 is 1.86 bits per heavy atom. The quantitative estimate of drug-likeness (QED) is 0.757. The molecule has 0 saturated heterocycles. The number of hydrogen-bond donors (Lipinski definition) is 2. The van der Waals surface area contributed by atoms with Crippen molar-refractivity contribution in [2.75, 3.05) is 11.1 Å². The van der Waals surface area contributed by atoms with E-state index in [4.69, 9.17) is 5.73 Å². The standard InChI is InChI=1S/C16H15N3OS/c1-9-5-10(2)7-12(6-9)18-15(20)11-3-4-13-14(8-11)21-16(17)19-13/h3-8H,1-2H3,(H2,17,19)(H,18,20). The number of carbonyl (C=O) groups excluding carboxylic acids is 1. The van der Waals surface area contributed by atoms with Gasteiger partial charge in [0.05, 0.1) is 10.2 Å². The molecule has 0 saturated carbocycles. The second-order valence-corrected chi connectivity index (χ2v) is 6.13. The van der Waals surface area contributed by atoms with Gasteiger partial charge in [-0.1, -0.05) is 17.4 Å². The van der Waals surface area contributed by atoms with Crippen LogP contribution in [0.25, 0.3) is 10.2 Å². The Balaban J connectivity index is 1.89. The summed E-state index contributed by atoms with van der Waals surface area (Å²) < 4.78 is 0.917. The number of aryl methyl sites for hydroxylation is 2. The summed E-state index contributed by atoms with van der Waals surface area (Å²) in [6.45, 7) is 4.02. The molecule has 2 aromatic carbocycles. The van der Waals surface area contributed by atoms with Crippen LogP contribution in [0.15, 0.2) is 36.4 Å². The number of amides is 1. The summed E-state index contributed by atoms with van der Waals surface area (Å²) >= 11 is 1.38. The number of rotatable bonds is 2. The van der Waals surface area contributed by atoms with E-state index in [2.05, 4.69) is 16.4 Å². The van der Waals surface area contributed by atoms with Gasteiger partial charge >= 0.3 is 0 Å². The lowest BCUT2D eigenvalue weighted by atomic mass is 10.1. The molecular weight excluding hydrogens is 282 g/mol. The van der Waals surface area contributed by atoms with Crippen LogP contribution in [0.4, 0.5) is 10.8 Å². The first-order valence-electron chi connectivity index (χ1n) is 6.57. The van der Waals surface area contributed by atoms with Gasteiger partial charge in [0.15, 0.2) is 5.13 Å². The molecule has 21 heavy (non-hydrogen) atoms. The average Bonchev–Trinajstić information content (AvgIpc) is 2.76. The Hall–Kier alpha value is -2.40. The maximum absolute atomic E-state index is 12.3. The summed E-state index contributed by atoms with van der Waals surface area (Å²) in [5.74, 6) is -0.131. The Kier molecular flexibility index (Phi) is 3.35. The molecule has 0 spiro atoms. The molecule has 4 nitrogen and oxygen atoms in total. The predicted octanol–water partition coefficient (Wildman–Crippen LogP) is 3.75. The molecule has 1 aromatic heterocycles. The molecule has 0 fully saturated rings. The van der Waals surface area contributed by atoms with Gasteiger partial charge in [-0.3, -0.25) is 4.79 Å². The minimum atomic E-state index is -0.131. The predicted molar refractivity (Wildman–Crippen MR) is 87.9 cm³/mol. The van der Waals surface area contributed by atoms with Gasteiger partial charge < -0.3 is 11.1 Å². The van der Waals surface area contributed by atoms with Crippen LogP contribution in [0, 0.1) is 13.8 Å². The first-order valence-corrected chi connectivity index (χ1v) is 7.38. The molecule has 0 unspecified atom stereocenters. The maximum atomic E-state index is 12.3. The third-order valence-corrected chi connectivity index (χ3v) is 3.99. The minimum Gasteiger partial charge on any atom is -0.375 e. The van der Waals surface area contributed by atoms with E-state index in [9.17, 15) is 4.79 Å². The highest BCUT2D eigenvalue weighted by molar-refractivity contribution is 7.22. The van der Waals surface area contributed by atoms with Gasteiger partial charge in [-0.2, -0.15) is 0 Å². The third-order valence-electron chi connectivity index (χ3n) is 3.15. The van der Waals surface area contributed by atoms with E-state index in [0.29, 0.717) is 10.7 Å². The zero-order valence-corrected chi connectivity index (χ0v) is 12.6. The van der Waals surface area contributed by atoms with Crippen LogP contribution >= 0.6 is 11.3 Å². The molecule has 0 radical (unpaired) electrons. The number of fused-ring (bicyclic) bond motifs is 1. The third kappa shape index (κ3) is 2.87. The number of nitrogens with two attached hydrogens (primary N) is 1. The zero-order chi connectivity index (χ0) is 15.0. The van der Waals surface area contributed by atoms with E-state index in [0.717, 1.165) is 27.0 Å². The highest BCUT2D eigenvalue weighted by Gasteiger charge is 2.09. The molecular formula is C16H15N3OS. The van der Waals surface area contributed by atoms with Crippen molar-refractivity contribution >= 4 is 38.3 Å². The van der Waals surface area contributed by atoms with Crippen molar-refractivity contribution in [2.24, 2.45) is 0 Å². The molecule has 3 aromatic rings. The average molecular weight is 297 g/mol. The lowest BCUT2D eigenvalue weighted by molar-refractivity contribution is 0.102.